The number of alkyl halides is 1. The molecule has 0 aromatic heterocycles. The van der Waals surface area contributed by atoms with Gasteiger partial charge in [-0.05, 0) is 37.8 Å². The van der Waals surface area contributed by atoms with Gasteiger partial charge in [0.05, 0.1) is 5.69 Å². The van der Waals surface area contributed by atoms with Crippen LogP contribution < -0.4 is 4.90 Å². The van der Waals surface area contributed by atoms with E-state index >= 15 is 0 Å². The molecule has 6 heteroatoms. The maximum atomic E-state index is 12.5. The van der Waals surface area contributed by atoms with Crippen LogP contribution in [0.25, 0.3) is 0 Å². The molecule has 2 rings (SSSR count). The van der Waals surface area contributed by atoms with E-state index in [4.69, 9.17) is 11.6 Å². The highest BCUT2D eigenvalue weighted by molar-refractivity contribution is 7.89. The molecule has 1 aliphatic rings. The molecule has 1 aromatic carbocycles. The third kappa shape index (κ3) is 3.52. The molecule has 0 unspecified atom stereocenters. The molecule has 0 heterocycles. The first-order valence-electron chi connectivity index (χ1n) is 7.32. The van der Waals surface area contributed by atoms with Crippen molar-refractivity contribution in [2.24, 2.45) is 0 Å². The maximum Gasteiger partial charge on any atom is 0.244 e. The Morgan fingerprint density at radius 2 is 1.90 bits per heavy atom. The Kier molecular flexibility index (Phi) is 5.52. The molecule has 0 amide bonds. The van der Waals surface area contributed by atoms with Gasteiger partial charge in [-0.2, -0.15) is 0 Å². The van der Waals surface area contributed by atoms with Crippen molar-refractivity contribution in [3.05, 3.63) is 24.3 Å². The Balaban J connectivity index is 2.40. The highest BCUT2D eigenvalue weighted by Crippen LogP contribution is 2.34. The van der Waals surface area contributed by atoms with Gasteiger partial charge in [-0.15, -0.1) is 11.6 Å². The van der Waals surface area contributed by atoms with Crippen molar-refractivity contribution in [2.75, 3.05) is 31.4 Å². The largest absolute Gasteiger partial charge is 0.367 e. The highest BCUT2D eigenvalue weighted by atomic mass is 35.5. The zero-order chi connectivity index (χ0) is 15.5. The van der Waals surface area contributed by atoms with Gasteiger partial charge in [0.2, 0.25) is 10.0 Å². The van der Waals surface area contributed by atoms with E-state index in [1.807, 2.05) is 12.1 Å². The summed E-state index contributed by atoms with van der Waals surface area (Å²) in [4.78, 5) is 2.61. The smallest absolute Gasteiger partial charge is 0.244 e. The van der Waals surface area contributed by atoms with Crippen LogP contribution in [-0.2, 0) is 10.0 Å². The molecule has 1 aliphatic carbocycles. The lowest BCUT2D eigenvalue weighted by molar-refractivity contribution is 0.384. The minimum absolute atomic E-state index is 0.386. The molecule has 0 atom stereocenters. The van der Waals surface area contributed by atoms with Crippen LogP contribution in [0.4, 0.5) is 5.69 Å². The Morgan fingerprint density at radius 1 is 1.24 bits per heavy atom. The normalized spacial score (nSPS) is 16.0. The van der Waals surface area contributed by atoms with Crippen LogP contribution in [0.5, 0.6) is 0 Å². The van der Waals surface area contributed by atoms with Crippen molar-refractivity contribution < 1.29 is 8.42 Å². The number of hydrogen-bond donors (Lipinski definition) is 0. The Labute approximate surface area is 132 Å². The summed E-state index contributed by atoms with van der Waals surface area (Å²) in [5.41, 5.74) is 0.806. The van der Waals surface area contributed by atoms with E-state index in [-0.39, 0.29) is 0 Å². The lowest BCUT2D eigenvalue weighted by Crippen LogP contribution is -2.42. The Morgan fingerprint density at radius 3 is 2.43 bits per heavy atom. The summed E-state index contributed by atoms with van der Waals surface area (Å²) in [6.07, 6.45) is 4.32. The van der Waals surface area contributed by atoms with Crippen LogP contribution in [-0.4, -0.2) is 45.3 Å². The number of anilines is 1. The first-order chi connectivity index (χ1) is 9.98. The second kappa shape index (κ2) is 6.99. The number of para-hydroxylation sites is 1. The third-order valence-corrected chi connectivity index (χ3v) is 6.11. The van der Waals surface area contributed by atoms with Gasteiger partial charge < -0.3 is 4.90 Å². The molecule has 21 heavy (non-hydrogen) atoms. The monoisotopic (exact) mass is 330 g/mol. The van der Waals surface area contributed by atoms with Crippen molar-refractivity contribution in [3.8, 4) is 0 Å². The fourth-order valence-electron chi connectivity index (χ4n) is 2.54. The molecular formula is C15H23ClN2O2S. The maximum absolute atomic E-state index is 12.5. The molecule has 4 nitrogen and oxygen atoms in total. The van der Waals surface area contributed by atoms with Gasteiger partial charge in [0, 0.05) is 32.6 Å². The van der Waals surface area contributed by atoms with E-state index < -0.39 is 10.0 Å². The molecule has 0 radical (unpaired) electrons. The van der Waals surface area contributed by atoms with Crippen LogP contribution in [0.2, 0.25) is 0 Å². The van der Waals surface area contributed by atoms with Crippen molar-refractivity contribution in [2.45, 2.75) is 36.6 Å². The molecule has 1 fully saturated rings. The predicted molar refractivity (Wildman–Crippen MR) is 87.6 cm³/mol. The molecule has 0 saturated heterocycles. The van der Waals surface area contributed by atoms with Crippen LogP contribution in [0.15, 0.2) is 29.2 Å². The second-order valence-electron chi connectivity index (χ2n) is 5.58. The van der Waals surface area contributed by atoms with Gasteiger partial charge in [-0.25, -0.2) is 12.7 Å². The summed E-state index contributed by atoms with van der Waals surface area (Å²) < 4.78 is 26.3. The first-order valence-corrected chi connectivity index (χ1v) is 9.30. The van der Waals surface area contributed by atoms with E-state index in [1.54, 1.807) is 26.2 Å². The van der Waals surface area contributed by atoms with Crippen molar-refractivity contribution in [3.63, 3.8) is 0 Å². The topological polar surface area (TPSA) is 40.6 Å². The summed E-state index contributed by atoms with van der Waals surface area (Å²) in [5.74, 6) is 0.589. The minimum Gasteiger partial charge on any atom is -0.367 e. The number of benzene rings is 1. The Hall–Kier alpha value is -0.780. The third-order valence-electron chi connectivity index (χ3n) is 3.98. The fourth-order valence-corrected chi connectivity index (χ4v) is 3.75. The number of hydrogen-bond acceptors (Lipinski definition) is 3. The quantitative estimate of drug-likeness (QED) is 0.722. The van der Waals surface area contributed by atoms with Crippen molar-refractivity contribution >= 4 is 27.3 Å². The molecule has 1 saturated carbocycles. The van der Waals surface area contributed by atoms with Crippen LogP contribution in [0, 0.1) is 0 Å². The summed E-state index contributed by atoms with van der Waals surface area (Å²) in [5, 5.41) is 0. The SMILES string of the molecule is CN(C)S(=O)(=O)c1ccccc1N(CCCCl)C1CCC1. The van der Waals surface area contributed by atoms with E-state index in [1.165, 1.54) is 10.7 Å². The number of nitrogens with zero attached hydrogens (tertiary/aromatic N) is 2. The summed E-state index contributed by atoms with van der Waals surface area (Å²) >= 11 is 5.83. The lowest BCUT2D eigenvalue weighted by Gasteiger charge is -2.40. The number of sulfonamides is 1. The first kappa shape index (κ1) is 16.6. The van der Waals surface area contributed by atoms with Crippen LogP contribution in [0.3, 0.4) is 0 Å². The fraction of sp³-hybridized carbons (Fsp3) is 0.600. The summed E-state index contributed by atoms with van der Waals surface area (Å²) in [7, 11) is -0.301. The lowest BCUT2D eigenvalue weighted by atomic mass is 9.91. The van der Waals surface area contributed by atoms with Gasteiger partial charge in [0.25, 0.3) is 0 Å². The molecule has 1 aromatic rings. The number of halogens is 1. The van der Waals surface area contributed by atoms with Crippen LogP contribution >= 0.6 is 11.6 Å². The molecule has 0 aliphatic heterocycles. The van der Waals surface area contributed by atoms with Gasteiger partial charge in [-0.1, -0.05) is 12.1 Å². The van der Waals surface area contributed by atoms with Gasteiger partial charge in [0.1, 0.15) is 4.90 Å². The van der Waals surface area contributed by atoms with Crippen LogP contribution in [0.1, 0.15) is 25.7 Å². The molecule has 0 N–H and O–H groups in total. The molecular weight excluding hydrogens is 308 g/mol. The van der Waals surface area contributed by atoms with Gasteiger partial charge in [0.15, 0.2) is 0 Å². The molecule has 0 spiro atoms. The van der Waals surface area contributed by atoms with E-state index in [0.29, 0.717) is 16.8 Å². The summed E-state index contributed by atoms with van der Waals surface area (Å²) in [6, 6.07) is 7.71. The van der Waals surface area contributed by atoms with E-state index in [0.717, 1.165) is 31.5 Å². The zero-order valence-electron chi connectivity index (χ0n) is 12.6. The zero-order valence-corrected chi connectivity index (χ0v) is 14.2. The van der Waals surface area contributed by atoms with Crippen molar-refractivity contribution in [1.82, 2.24) is 4.31 Å². The van der Waals surface area contributed by atoms with E-state index in [9.17, 15) is 8.42 Å². The highest BCUT2D eigenvalue weighted by Gasteiger charge is 2.30. The van der Waals surface area contributed by atoms with Gasteiger partial charge >= 0.3 is 0 Å². The average Bonchev–Trinajstić information content (AvgIpc) is 2.41. The predicted octanol–water partition coefficient (Wildman–Crippen LogP) is 2.92. The van der Waals surface area contributed by atoms with E-state index in [2.05, 4.69) is 4.90 Å². The standard InChI is InChI=1S/C15H23ClN2O2S/c1-17(2)21(19,20)15-10-4-3-9-14(15)18(12-6-11-16)13-7-5-8-13/h3-4,9-10,13H,5-8,11-12H2,1-2H3. The molecule has 0 bridgehead atoms. The summed E-state index contributed by atoms with van der Waals surface area (Å²) in [6.45, 7) is 0.800. The Bertz CT molecular complexity index is 571. The van der Waals surface area contributed by atoms with Gasteiger partial charge in [-0.3, -0.25) is 0 Å². The number of rotatable bonds is 7. The average molecular weight is 331 g/mol. The minimum atomic E-state index is -3.44. The molecule has 118 valence electrons. The second-order valence-corrected chi connectivity index (χ2v) is 8.07. The van der Waals surface area contributed by atoms with Crippen molar-refractivity contribution in [1.29, 1.82) is 0 Å².